The monoisotopic (exact) mass is 215 g/mol. The summed E-state index contributed by atoms with van der Waals surface area (Å²) >= 11 is 0. The van der Waals surface area contributed by atoms with Crippen molar-refractivity contribution in [2.45, 2.75) is 65.5 Å². The zero-order valence-electron chi connectivity index (χ0n) is 10.6. The van der Waals surface area contributed by atoms with Gasteiger partial charge in [0.1, 0.15) is 0 Å². The second kappa shape index (κ2) is 6.11. The zero-order valence-corrected chi connectivity index (χ0v) is 10.6. The molecule has 0 aliphatic carbocycles. The minimum absolute atomic E-state index is 0.0161. The van der Waals surface area contributed by atoms with Gasteiger partial charge in [0.15, 0.2) is 0 Å². The van der Waals surface area contributed by atoms with Gasteiger partial charge in [0, 0.05) is 11.6 Å². The van der Waals surface area contributed by atoms with E-state index in [-0.39, 0.29) is 17.5 Å². The summed E-state index contributed by atoms with van der Waals surface area (Å²) < 4.78 is 0. The Morgan fingerprint density at radius 2 is 1.60 bits per heavy atom. The molecule has 0 bridgehead atoms. The second-order valence-corrected chi connectivity index (χ2v) is 4.40. The number of nitrogens with one attached hydrogen (secondary N) is 1. The molecule has 2 atom stereocenters. The van der Waals surface area contributed by atoms with Crippen LogP contribution in [0.4, 0.5) is 0 Å². The number of hydrogen-bond acceptors (Lipinski definition) is 2. The van der Waals surface area contributed by atoms with Crippen molar-refractivity contribution in [3.63, 3.8) is 0 Å². The van der Waals surface area contributed by atoms with E-state index in [9.17, 15) is 4.79 Å². The molecule has 0 saturated carbocycles. The molecule has 0 aromatic heterocycles. The third-order valence-corrected chi connectivity index (χ3v) is 3.70. The van der Waals surface area contributed by atoms with E-state index in [0.29, 0.717) is 0 Å². The number of carboxylic acids is 1. The van der Waals surface area contributed by atoms with E-state index in [2.05, 4.69) is 26.1 Å². The molecule has 15 heavy (non-hydrogen) atoms. The molecule has 0 radical (unpaired) electrons. The first-order chi connectivity index (χ1) is 6.92. The third-order valence-electron chi connectivity index (χ3n) is 3.70. The molecule has 0 aliphatic heterocycles. The van der Waals surface area contributed by atoms with Crippen molar-refractivity contribution in [2.75, 3.05) is 0 Å². The van der Waals surface area contributed by atoms with E-state index < -0.39 is 5.97 Å². The highest BCUT2D eigenvalue weighted by Crippen LogP contribution is 2.21. The van der Waals surface area contributed by atoms with E-state index in [4.69, 9.17) is 5.11 Å². The van der Waals surface area contributed by atoms with Gasteiger partial charge < -0.3 is 10.4 Å². The molecule has 0 fully saturated rings. The van der Waals surface area contributed by atoms with Gasteiger partial charge in [0.05, 0.1) is 5.92 Å². The summed E-state index contributed by atoms with van der Waals surface area (Å²) in [6.45, 7) is 10.2. The van der Waals surface area contributed by atoms with Crippen molar-refractivity contribution in [3.05, 3.63) is 0 Å². The van der Waals surface area contributed by atoms with Crippen LogP contribution in [0.5, 0.6) is 0 Å². The summed E-state index contributed by atoms with van der Waals surface area (Å²) in [6, 6.07) is 0.0161. The topological polar surface area (TPSA) is 49.3 Å². The lowest BCUT2D eigenvalue weighted by molar-refractivity contribution is -0.142. The first kappa shape index (κ1) is 14.4. The molecule has 3 heteroatoms. The SMILES string of the molecule is CCC(CC)(CC)NC(C)C(C)C(=O)O. The Hall–Kier alpha value is -0.570. The van der Waals surface area contributed by atoms with Crippen LogP contribution in [0.15, 0.2) is 0 Å². The molecule has 2 unspecified atom stereocenters. The molecule has 0 saturated heterocycles. The zero-order chi connectivity index (χ0) is 12.1. The van der Waals surface area contributed by atoms with Crippen molar-refractivity contribution < 1.29 is 9.90 Å². The summed E-state index contributed by atoms with van der Waals surface area (Å²) in [7, 11) is 0. The average molecular weight is 215 g/mol. The van der Waals surface area contributed by atoms with Crippen molar-refractivity contribution in [1.29, 1.82) is 0 Å². The molecule has 0 spiro atoms. The van der Waals surface area contributed by atoms with Crippen LogP contribution in [0.25, 0.3) is 0 Å². The van der Waals surface area contributed by atoms with Gasteiger partial charge in [-0.05, 0) is 26.2 Å². The van der Waals surface area contributed by atoms with Crippen LogP contribution in [0, 0.1) is 5.92 Å². The summed E-state index contributed by atoms with van der Waals surface area (Å²) in [6.07, 6.45) is 3.12. The van der Waals surface area contributed by atoms with Crippen LogP contribution in [-0.4, -0.2) is 22.7 Å². The van der Waals surface area contributed by atoms with Crippen molar-refractivity contribution in [3.8, 4) is 0 Å². The fourth-order valence-electron chi connectivity index (χ4n) is 1.88. The highest BCUT2D eigenvalue weighted by Gasteiger charge is 2.29. The first-order valence-electron chi connectivity index (χ1n) is 5.93. The predicted molar refractivity (Wildman–Crippen MR) is 63.0 cm³/mol. The Kier molecular flexibility index (Phi) is 5.88. The van der Waals surface area contributed by atoms with Crippen molar-refractivity contribution in [2.24, 2.45) is 5.92 Å². The Labute approximate surface area is 93.3 Å². The smallest absolute Gasteiger partial charge is 0.307 e. The Morgan fingerprint density at radius 3 is 1.87 bits per heavy atom. The lowest BCUT2D eigenvalue weighted by Gasteiger charge is -2.36. The summed E-state index contributed by atoms with van der Waals surface area (Å²) in [5.74, 6) is -1.07. The number of aliphatic carboxylic acids is 1. The van der Waals surface area contributed by atoms with E-state index in [1.165, 1.54) is 0 Å². The quantitative estimate of drug-likeness (QED) is 0.686. The largest absolute Gasteiger partial charge is 0.481 e. The van der Waals surface area contributed by atoms with Gasteiger partial charge in [0.25, 0.3) is 0 Å². The van der Waals surface area contributed by atoms with Crippen LogP contribution in [-0.2, 0) is 4.79 Å². The van der Waals surface area contributed by atoms with E-state index in [1.54, 1.807) is 6.92 Å². The lowest BCUT2D eigenvalue weighted by atomic mass is 9.87. The second-order valence-electron chi connectivity index (χ2n) is 4.40. The summed E-state index contributed by atoms with van der Waals surface area (Å²) in [4.78, 5) is 10.9. The summed E-state index contributed by atoms with van der Waals surface area (Å²) in [5.41, 5.74) is 0.100. The number of carboxylic acid groups (broad SMARTS) is 1. The molecule has 0 aliphatic rings. The molecule has 0 heterocycles. The lowest BCUT2D eigenvalue weighted by Crippen LogP contribution is -2.51. The molecule has 3 nitrogen and oxygen atoms in total. The maximum atomic E-state index is 10.9. The fraction of sp³-hybridized carbons (Fsp3) is 0.917. The molecule has 0 amide bonds. The van der Waals surface area contributed by atoms with Gasteiger partial charge in [-0.2, -0.15) is 0 Å². The predicted octanol–water partition coefficient (Wildman–Crippen LogP) is 2.65. The Balaban J connectivity index is 4.47. The van der Waals surface area contributed by atoms with Crippen LogP contribution in [0.1, 0.15) is 53.9 Å². The third kappa shape index (κ3) is 3.82. The van der Waals surface area contributed by atoms with E-state index in [0.717, 1.165) is 19.3 Å². The highest BCUT2D eigenvalue weighted by atomic mass is 16.4. The molecule has 2 N–H and O–H groups in total. The van der Waals surface area contributed by atoms with Gasteiger partial charge in [-0.15, -0.1) is 0 Å². The highest BCUT2D eigenvalue weighted by molar-refractivity contribution is 5.70. The maximum absolute atomic E-state index is 10.9. The van der Waals surface area contributed by atoms with Gasteiger partial charge in [0.2, 0.25) is 0 Å². The molecule has 90 valence electrons. The standard InChI is InChI=1S/C12H25NO2/c1-6-12(7-2,8-3)13-10(5)9(4)11(14)15/h9-10,13H,6-8H2,1-5H3,(H,14,15). The van der Waals surface area contributed by atoms with Crippen molar-refractivity contribution >= 4 is 5.97 Å². The number of rotatable bonds is 7. The minimum atomic E-state index is -0.729. The van der Waals surface area contributed by atoms with Gasteiger partial charge in [-0.1, -0.05) is 27.7 Å². The summed E-state index contributed by atoms with van der Waals surface area (Å²) in [5, 5.41) is 12.4. The van der Waals surface area contributed by atoms with E-state index in [1.807, 2.05) is 6.92 Å². The maximum Gasteiger partial charge on any atom is 0.307 e. The van der Waals surface area contributed by atoms with Gasteiger partial charge >= 0.3 is 5.97 Å². The van der Waals surface area contributed by atoms with Crippen LogP contribution >= 0.6 is 0 Å². The molecule has 0 aromatic carbocycles. The molecule has 0 rings (SSSR count). The minimum Gasteiger partial charge on any atom is -0.481 e. The van der Waals surface area contributed by atoms with Gasteiger partial charge in [-0.3, -0.25) is 4.79 Å². The van der Waals surface area contributed by atoms with Crippen molar-refractivity contribution in [1.82, 2.24) is 5.32 Å². The normalized spacial score (nSPS) is 16.1. The number of hydrogen-bond donors (Lipinski definition) is 2. The van der Waals surface area contributed by atoms with Crippen LogP contribution in [0.2, 0.25) is 0 Å². The van der Waals surface area contributed by atoms with Gasteiger partial charge in [-0.25, -0.2) is 0 Å². The fourth-order valence-corrected chi connectivity index (χ4v) is 1.88. The molecular weight excluding hydrogens is 190 g/mol. The molecule has 0 aromatic rings. The Bertz CT molecular complexity index is 192. The van der Waals surface area contributed by atoms with Crippen LogP contribution < -0.4 is 5.32 Å². The average Bonchev–Trinajstić information content (AvgIpc) is 2.24. The first-order valence-corrected chi connectivity index (χ1v) is 5.93. The number of carbonyl (C=O) groups is 1. The van der Waals surface area contributed by atoms with E-state index >= 15 is 0 Å². The Morgan fingerprint density at radius 1 is 1.20 bits per heavy atom. The molecular formula is C12H25NO2. The van der Waals surface area contributed by atoms with Crippen LogP contribution in [0.3, 0.4) is 0 Å².